The van der Waals surface area contributed by atoms with E-state index in [0.717, 1.165) is 5.56 Å². The van der Waals surface area contributed by atoms with Crippen LogP contribution in [0.25, 0.3) is 0 Å². The number of hydrogen-bond acceptors (Lipinski definition) is 3. The molecule has 0 fully saturated rings. The van der Waals surface area contributed by atoms with Gasteiger partial charge < -0.3 is 10.1 Å². The number of benzene rings is 1. The van der Waals surface area contributed by atoms with Gasteiger partial charge in [-0.25, -0.2) is 0 Å². The largest absolute Gasteiger partial charge is 0.573 e. The molecule has 0 saturated carbocycles. The molecule has 2 aromatic rings. The normalized spacial score (nSPS) is 11.1. The molecule has 0 atom stereocenters. The number of ether oxygens (including phenoxy) is 1. The van der Waals surface area contributed by atoms with Gasteiger partial charge in [-0.05, 0) is 24.1 Å². The van der Waals surface area contributed by atoms with Gasteiger partial charge in [0.2, 0.25) is 5.91 Å². The minimum absolute atomic E-state index is 0.0296. The predicted octanol–water partition coefficient (Wildman–Crippen LogP) is 3.23. The van der Waals surface area contributed by atoms with Crippen LogP contribution < -0.4 is 10.1 Å². The summed E-state index contributed by atoms with van der Waals surface area (Å²) in [6.45, 7) is -0.0296. The van der Waals surface area contributed by atoms with E-state index in [-0.39, 0.29) is 30.2 Å². The van der Waals surface area contributed by atoms with Crippen LogP contribution >= 0.6 is 0 Å². The summed E-state index contributed by atoms with van der Waals surface area (Å²) in [5, 5.41) is 2.59. The molecule has 1 aromatic heterocycles. The molecule has 0 aliphatic rings. The van der Waals surface area contributed by atoms with Crippen molar-refractivity contribution in [1.29, 1.82) is 0 Å². The number of hydrogen-bond donors (Lipinski definition) is 1. The van der Waals surface area contributed by atoms with Gasteiger partial charge in [0.15, 0.2) is 0 Å². The maximum Gasteiger partial charge on any atom is 0.573 e. The van der Waals surface area contributed by atoms with Gasteiger partial charge >= 0.3 is 6.36 Å². The van der Waals surface area contributed by atoms with Crippen LogP contribution in [0.15, 0.2) is 48.8 Å². The maximum absolute atomic E-state index is 12.3. The summed E-state index contributed by atoms with van der Waals surface area (Å²) in [5.74, 6) is -0.566. The lowest BCUT2D eigenvalue weighted by atomic mass is 10.1. The van der Waals surface area contributed by atoms with Crippen LogP contribution in [-0.4, -0.2) is 17.3 Å². The molecule has 23 heavy (non-hydrogen) atoms. The van der Waals surface area contributed by atoms with Crippen molar-refractivity contribution in [2.24, 2.45) is 0 Å². The summed E-state index contributed by atoms with van der Waals surface area (Å²) < 4.78 is 40.9. The average molecular weight is 324 g/mol. The van der Waals surface area contributed by atoms with Crippen molar-refractivity contribution in [2.45, 2.75) is 25.7 Å². The number of carbonyl (C=O) groups excluding carboxylic acids is 1. The number of nitrogens with one attached hydrogen (secondary N) is 1. The molecular formula is C16H15F3N2O2. The number of alkyl halides is 3. The van der Waals surface area contributed by atoms with E-state index in [1.54, 1.807) is 24.5 Å². The lowest BCUT2D eigenvalue weighted by molar-refractivity contribution is -0.274. The molecule has 122 valence electrons. The van der Waals surface area contributed by atoms with Crippen molar-refractivity contribution in [3.63, 3.8) is 0 Å². The fraction of sp³-hybridized carbons (Fsp3) is 0.250. The molecule has 7 heteroatoms. The van der Waals surface area contributed by atoms with Crippen molar-refractivity contribution in [3.8, 4) is 5.75 Å². The zero-order valence-corrected chi connectivity index (χ0v) is 12.1. The highest BCUT2D eigenvalue weighted by Crippen LogP contribution is 2.26. The van der Waals surface area contributed by atoms with Crippen LogP contribution in [0.2, 0.25) is 0 Å². The average Bonchev–Trinajstić information content (AvgIpc) is 2.51. The Morgan fingerprint density at radius 2 is 1.96 bits per heavy atom. The zero-order chi connectivity index (χ0) is 16.7. The molecule has 1 amide bonds. The van der Waals surface area contributed by atoms with Crippen LogP contribution in [0.1, 0.15) is 17.5 Å². The van der Waals surface area contributed by atoms with Crippen molar-refractivity contribution in [2.75, 3.05) is 0 Å². The SMILES string of the molecule is O=C(CCc1cccnc1)NCc1ccccc1OC(F)(F)F. The van der Waals surface area contributed by atoms with E-state index >= 15 is 0 Å². The van der Waals surface area contributed by atoms with Gasteiger partial charge in [0.1, 0.15) is 5.75 Å². The summed E-state index contributed by atoms with van der Waals surface area (Å²) in [6, 6.07) is 9.34. The third-order valence-corrected chi connectivity index (χ3v) is 3.04. The molecule has 0 bridgehead atoms. The van der Waals surface area contributed by atoms with Crippen molar-refractivity contribution in [1.82, 2.24) is 10.3 Å². The van der Waals surface area contributed by atoms with Crippen LogP contribution in [-0.2, 0) is 17.8 Å². The predicted molar refractivity (Wildman–Crippen MR) is 77.5 cm³/mol. The summed E-state index contributed by atoms with van der Waals surface area (Å²) in [4.78, 5) is 15.7. The molecule has 1 N–H and O–H groups in total. The molecule has 0 radical (unpaired) electrons. The highest BCUT2D eigenvalue weighted by atomic mass is 19.4. The van der Waals surface area contributed by atoms with E-state index in [2.05, 4.69) is 15.0 Å². The Bertz CT molecular complexity index is 645. The van der Waals surface area contributed by atoms with E-state index in [0.29, 0.717) is 6.42 Å². The third kappa shape index (κ3) is 5.98. The topological polar surface area (TPSA) is 51.2 Å². The number of halogens is 3. The van der Waals surface area contributed by atoms with Gasteiger partial charge in [0.25, 0.3) is 0 Å². The Balaban J connectivity index is 1.87. The van der Waals surface area contributed by atoms with Gasteiger partial charge in [0, 0.05) is 30.9 Å². The van der Waals surface area contributed by atoms with Crippen LogP contribution in [0.4, 0.5) is 13.2 Å². The summed E-state index contributed by atoms with van der Waals surface area (Å²) in [7, 11) is 0. The Hall–Kier alpha value is -2.57. The molecular weight excluding hydrogens is 309 g/mol. The zero-order valence-electron chi connectivity index (χ0n) is 12.1. The lowest BCUT2D eigenvalue weighted by Crippen LogP contribution is -2.24. The number of para-hydroxylation sites is 1. The van der Waals surface area contributed by atoms with Gasteiger partial charge in [-0.1, -0.05) is 24.3 Å². The number of aryl methyl sites for hydroxylation is 1. The van der Waals surface area contributed by atoms with Crippen LogP contribution in [0.3, 0.4) is 0 Å². The van der Waals surface area contributed by atoms with Crippen LogP contribution in [0, 0.1) is 0 Å². The number of nitrogens with zero attached hydrogens (tertiary/aromatic N) is 1. The van der Waals surface area contributed by atoms with E-state index in [1.165, 1.54) is 18.2 Å². The van der Waals surface area contributed by atoms with Gasteiger partial charge in [-0.2, -0.15) is 0 Å². The van der Waals surface area contributed by atoms with Gasteiger partial charge in [-0.3, -0.25) is 9.78 Å². The Kier molecular flexibility index (Phi) is 5.56. The molecule has 4 nitrogen and oxygen atoms in total. The first-order chi connectivity index (χ1) is 10.9. The standard InChI is InChI=1S/C16H15F3N2O2/c17-16(18,19)23-14-6-2-1-5-13(14)11-21-15(22)8-7-12-4-3-9-20-10-12/h1-6,9-10H,7-8,11H2,(H,21,22). The van der Waals surface area contributed by atoms with E-state index < -0.39 is 6.36 Å². The fourth-order valence-corrected chi connectivity index (χ4v) is 1.96. The molecule has 0 saturated heterocycles. The van der Waals surface area contributed by atoms with E-state index in [9.17, 15) is 18.0 Å². The van der Waals surface area contributed by atoms with Crippen LogP contribution in [0.5, 0.6) is 5.75 Å². The molecule has 0 aliphatic heterocycles. The molecule has 1 heterocycles. The quantitative estimate of drug-likeness (QED) is 0.887. The van der Waals surface area contributed by atoms with Gasteiger partial charge in [-0.15, -0.1) is 13.2 Å². The monoisotopic (exact) mass is 324 g/mol. The summed E-state index contributed by atoms with van der Waals surface area (Å²) in [5.41, 5.74) is 1.18. The van der Waals surface area contributed by atoms with E-state index in [1.807, 2.05) is 6.07 Å². The molecule has 0 unspecified atom stereocenters. The smallest absolute Gasteiger partial charge is 0.405 e. The molecule has 1 aromatic carbocycles. The third-order valence-electron chi connectivity index (χ3n) is 3.04. The van der Waals surface area contributed by atoms with E-state index in [4.69, 9.17) is 0 Å². The Morgan fingerprint density at radius 3 is 2.65 bits per heavy atom. The highest BCUT2D eigenvalue weighted by Gasteiger charge is 2.31. The minimum atomic E-state index is -4.76. The Morgan fingerprint density at radius 1 is 1.17 bits per heavy atom. The minimum Gasteiger partial charge on any atom is -0.405 e. The first-order valence-electron chi connectivity index (χ1n) is 6.93. The lowest BCUT2D eigenvalue weighted by Gasteiger charge is -2.13. The summed E-state index contributed by atoms with van der Waals surface area (Å²) >= 11 is 0. The molecule has 0 spiro atoms. The first kappa shape index (κ1) is 16.8. The summed E-state index contributed by atoms with van der Waals surface area (Å²) in [6.07, 6.45) is -0.713. The first-order valence-corrected chi connectivity index (χ1v) is 6.93. The van der Waals surface area contributed by atoms with Gasteiger partial charge in [0.05, 0.1) is 0 Å². The second-order valence-electron chi connectivity index (χ2n) is 4.79. The fourth-order valence-electron chi connectivity index (χ4n) is 1.96. The van der Waals surface area contributed by atoms with Crippen molar-refractivity contribution >= 4 is 5.91 Å². The number of aromatic nitrogens is 1. The van der Waals surface area contributed by atoms with Crippen molar-refractivity contribution < 1.29 is 22.7 Å². The number of pyridine rings is 1. The van der Waals surface area contributed by atoms with Crippen molar-refractivity contribution in [3.05, 3.63) is 59.9 Å². The Labute approximate surface area is 131 Å². The second-order valence-corrected chi connectivity index (χ2v) is 4.79. The molecule has 0 aliphatic carbocycles. The second kappa shape index (κ2) is 7.62. The molecule has 2 rings (SSSR count). The number of rotatable bonds is 6. The highest BCUT2D eigenvalue weighted by molar-refractivity contribution is 5.76. The number of amides is 1. The maximum atomic E-state index is 12.3. The number of carbonyl (C=O) groups is 1.